The molecule has 0 spiro atoms. The topological polar surface area (TPSA) is 59.0 Å². The second-order valence-electron chi connectivity index (χ2n) is 5.77. The lowest BCUT2D eigenvalue weighted by Crippen LogP contribution is -2.41. The van der Waals surface area contributed by atoms with E-state index in [4.69, 9.17) is 0 Å². The van der Waals surface area contributed by atoms with Gasteiger partial charge in [0.05, 0.1) is 0 Å². The molecule has 2 N–H and O–H groups in total. The predicted octanol–water partition coefficient (Wildman–Crippen LogP) is 2.01. The summed E-state index contributed by atoms with van der Waals surface area (Å²) in [5.41, 5.74) is 0.544. The highest BCUT2D eigenvalue weighted by atomic mass is 16.2. The van der Waals surface area contributed by atoms with Crippen LogP contribution in [0.3, 0.4) is 0 Å². The van der Waals surface area contributed by atoms with E-state index in [1.165, 1.54) is 19.3 Å². The zero-order valence-electron chi connectivity index (χ0n) is 11.5. The zero-order chi connectivity index (χ0) is 13.2. The summed E-state index contributed by atoms with van der Waals surface area (Å²) in [6.07, 6.45) is 7.77. The Morgan fingerprint density at radius 3 is 3.05 bits per heavy atom. The van der Waals surface area contributed by atoms with E-state index in [0.717, 1.165) is 31.9 Å². The molecular weight excluding hydrogens is 240 g/mol. The summed E-state index contributed by atoms with van der Waals surface area (Å²) in [5.74, 6) is 1.38. The molecular formula is C14H22N4O. The minimum Gasteiger partial charge on any atom is -0.356 e. The van der Waals surface area contributed by atoms with Gasteiger partial charge < -0.3 is 15.2 Å². The number of anilines is 1. The molecule has 2 heterocycles. The van der Waals surface area contributed by atoms with Crippen molar-refractivity contribution < 1.29 is 4.79 Å². The van der Waals surface area contributed by atoms with E-state index in [9.17, 15) is 4.79 Å². The molecule has 5 nitrogen and oxygen atoms in total. The molecule has 1 aromatic heterocycles. The van der Waals surface area contributed by atoms with Crippen LogP contribution in [0.2, 0.25) is 0 Å². The van der Waals surface area contributed by atoms with Crippen molar-refractivity contribution in [2.24, 2.45) is 5.92 Å². The van der Waals surface area contributed by atoms with E-state index in [0.29, 0.717) is 17.7 Å². The molecule has 0 saturated heterocycles. The number of carbonyl (C=O) groups is 1. The summed E-state index contributed by atoms with van der Waals surface area (Å²) < 4.78 is 2.03. The molecule has 1 aliphatic heterocycles. The number of imidazole rings is 1. The van der Waals surface area contributed by atoms with Crippen molar-refractivity contribution >= 4 is 11.9 Å². The fourth-order valence-corrected chi connectivity index (χ4v) is 3.06. The normalized spacial score (nSPS) is 26.4. The van der Waals surface area contributed by atoms with Crippen LogP contribution in [-0.4, -0.2) is 28.0 Å². The molecule has 5 heteroatoms. The molecule has 2 aliphatic rings. The van der Waals surface area contributed by atoms with E-state index in [-0.39, 0.29) is 5.91 Å². The number of carbonyl (C=O) groups excluding carboxylic acids is 1. The van der Waals surface area contributed by atoms with Gasteiger partial charge in [-0.3, -0.25) is 4.79 Å². The number of nitrogens with zero attached hydrogens (tertiary/aromatic N) is 2. The highest BCUT2D eigenvalue weighted by Crippen LogP contribution is 2.24. The van der Waals surface area contributed by atoms with Gasteiger partial charge in [0.1, 0.15) is 5.69 Å². The van der Waals surface area contributed by atoms with E-state index in [1.54, 1.807) is 0 Å². The van der Waals surface area contributed by atoms with Crippen molar-refractivity contribution in [3.05, 3.63) is 11.9 Å². The predicted molar refractivity (Wildman–Crippen MR) is 74.2 cm³/mol. The van der Waals surface area contributed by atoms with Gasteiger partial charge in [0.2, 0.25) is 5.95 Å². The molecule has 0 bridgehead atoms. The Hall–Kier alpha value is -1.52. The van der Waals surface area contributed by atoms with Crippen molar-refractivity contribution in [1.29, 1.82) is 0 Å². The van der Waals surface area contributed by atoms with Crippen LogP contribution < -0.4 is 10.6 Å². The van der Waals surface area contributed by atoms with Gasteiger partial charge in [-0.15, -0.1) is 0 Å². The van der Waals surface area contributed by atoms with Crippen molar-refractivity contribution in [3.8, 4) is 0 Å². The van der Waals surface area contributed by atoms with Crippen molar-refractivity contribution in [3.63, 3.8) is 0 Å². The van der Waals surface area contributed by atoms with Gasteiger partial charge in [-0.2, -0.15) is 0 Å². The van der Waals surface area contributed by atoms with Gasteiger partial charge in [-0.25, -0.2) is 4.98 Å². The number of hydrogen-bond acceptors (Lipinski definition) is 3. The maximum atomic E-state index is 12.3. The van der Waals surface area contributed by atoms with Gasteiger partial charge >= 0.3 is 0 Å². The summed E-state index contributed by atoms with van der Waals surface area (Å²) in [6, 6.07) is 0.313. The van der Waals surface area contributed by atoms with E-state index >= 15 is 0 Å². The van der Waals surface area contributed by atoms with Crippen molar-refractivity contribution in [2.75, 3.05) is 11.9 Å². The number of nitrogens with one attached hydrogen (secondary N) is 2. The Kier molecular flexibility index (Phi) is 3.44. The van der Waals surface area contributed by atoms with Crippen LogP contribution in [-0.2, 0) is 6.54 Å². The van der Waals surface area contributed by atoms with E-state index in [1.807, 2.05) is 10.8 Å². The van der Waals surface area contributed by atoms with Gasteiger partial charge in [0.15, 0.2) is 0 Å². The number of hydrogen-bond donors (Lipinski definition) is 2. The van der Waals surface area contributed by atoms with Gasteiger partial charge in [0, 0.05) is 25.3 Å². The smallest absolute Gasteiger partial charge is 0.271 e. The van der Waals surface area contributed by atoms with Crippen LogP contribution in [0, 0.1) is 5.92 Å². The molecule has 1 amide bonds. The fourth-order valence-electron chi connectivity index (χ4n) is 3.06. The molecule has 19 heavy (non-hydrogen) atoms. The molecule has 1 aromatic rings. The summed E-state index contributed by atoms with van der Waals surface area (Å²) in [5, 5.41) is 6.37. The molecule has 1 aliphatic carbocycles. The second kappa shape index (κ2) is 5.23. The molecule has 2 atom stereocenters. The van der Waals surface area contributed by atoms with Crippen molar-refractivity contribution in [2.45, 2.75) is 51.6 Å². The first kappa shape index (κ1) is 12.5. The van der Waals surface area contributed by atoms with Gasteiger partial charge in [-0.05, 0) is 25.2 Å². The number of aromatic nitrogens is 2. The Balaban J connectivity index is 1.68. The maximum absolute atomic E-state index is 12.3. The minimum absolute atomic E-state index is 0.0255. The fraction of sp³-hybridized carbons (Fsp3) is 0.714. The monoisotopic (exact) mass is 262 g/mol. The highest BCUT2D eigenvalue weighted by Gasteiger charge is 2.24. The van der Waals surface area contributed by atoms with Crippen LogP contribution in [0.1, 0.15) is 49.5 Å². The Morgan fingerprint density at radius 1 is 1.42 bits per heavy atom. The molecule has 3 rings (SSSR count). The van der Waals surface area contributed by atoms with Gasteiger partial charge in [0.25, 0.3) is 5.91 Å². The number of aryl methyl sites for hydroxylation is 1. The lowest BCUT2D eigenvalue weighted by Gasteiger charge is -2.29. The van der Waals surface area contributed by atoms with Crippen molar-refractivity contribution in [1.82, 2.24) is 14.9 Å². The average Bonchev–Trinajstić information content (AvgIpc) is 2.85. The van der Waals surface area contributed by atoms with Crippen LogP contribution in [0.25, 0.3) is 0 Å². The highest BCUT2D eigenvalue weighted by molar-refractivity contribution is 5.92. The number of fused-ring (bicyclic) bond motifs is 1. The third kappa shape index (κ3) is 2.60. The zero-order valence-corrected chi connectivity index (χ0v) is 11.5. The van der Waals surface area contributed by atoms with Crippen LogP contribution >= 0.6 is 0 Å². The Labute approximate surface area is 113 Å². The minimum atomic E-state index is -0.0255. The van der Waals surface area contributed by atoms with E-state index in [2.05, 4.69) is 22.5 Å². The number of rotatable bonds is 2. The second-order valence-corrected chi connectivity index (χ2v) is 5.77. The van der Waals surface area contributed by atoms with Crippen LogP contribution in [0.4, 0.5) is 5.95 Å². The summed E-state index contributed by atoms with van der Waals surface area (Å²) in [6.45, 7) is 4.12. The molecule has 1 saturated carbocycles. The maximum Gasteiger partial charge on any atom is 0.271 e. The first-order valence-corrected chi connectivity index (χ1v) is 7.36. The van der Waals surface area contributed by atoms with Gasteiger partial charge in [-0.1, -0.05) is 19.8 Å². The molecule has 2 unspecified atom stereocenters. The summed E-state index contributed by atoms with van der Waals surface area (Å²) in [4.78, 5) is 16.6. The standard InChI is InChI=1S/C14H22N4O/c1-10-5-2-3-6-11(10)16-13(19)12-9-18-8-4-7-15-14(18)17-12/h9-11H,2-8H2,1H3,(H,15,17)(H,16,19). The molecule has 1 fully saturated rings. The van der Waals surface area contributed by atoms with E-state index < -0.39 is 0 Å². The van der Waals surface area contributed by atoms with Crippen LogP contribution in [0.5, 0.6) is 0 Å². The number of amides is 1. The first-order chi connectivity index (χ1) is 9.24. The third-order valence-electron chi connectivity index (χ3n) is 4.30. The summed E-state index contributed by atoms with van der Waals surface area (Å²) in [7, 11) is 0. The first-order valence-electron chi connectivity index (χ1n) is 7.36. The Morgan fingerprint density at radius 2 is 2.26 bits per heavy atom. The Bertz CT molecular complexity index is 445. The molecule has 0 radical (unpaired) electrons. The summed E-state index contributed by atoms with van der Waals surface area (Å²) >= 11 is 0. The average molecular weight is 262 g/mol. The molecule has 104 valence electrons. The quantitative estimate of drug-likeness (QED) is 0.857. The lowest BCUT2D eigenvalue weighted by molar-refractivity contribution is 0.0905. The van der Waals surface area contributed by atoms with Crippen LogP contribution in [0.15, 0.2) is 6.20 Å². The third-order valence-corrected chi connectivity index (χ3v) is 4.30. The molecule has 0 aromatic carbocycles. The lowest BCUT2D eigenvalue weighted by atomic mass is 9.86. The largest absolute Gasteiger partial charge is 0.356 e. The SMILES string of the molecule is CC1CCCCC1NC(=O)c1cn2c(n1)NCCC2.